The summed E-state index contributed by atoms with van der Waals surface area (Å²) in [5.74, 6) is -0.491. The van der Waals surface area contributed by atoms with Crippen molar-refractivity contribution in [3.63, 3.8) is 0 Å². The highest BCUT2D eigenvalue weighted by Gasteiger charge is 2.31. The number of carboxylic acids is 1. The molecule has 0 radical (unpaired) electrons. The van der Waals surface area contributed by atoms with Crippen LogP contribution in [0.1, 0.15) is 65.2 Å². The van der Waals surface area contributed by atoms with Gasteiger partial charge >= 0.3 is 5.97 Å². The van der Waals surface area contributed by atoms with Crippen molar-refractivity contribution in [1.29, 1.82) is 0 Å². The van der Waals surface area contributed by atoms with Crippen LogP contribution in [0.5, 0.6) is 0 Å². The Morgan fingerprint density at radius 3 is 2.54 bits per heavy atom. The molecule has 208 valence electrons. The van der Waals surface area contributed by atoms with Crippen LogP contribution < -0.4 is 0 Å². The highest BCUT2D eigenvalue weighted by Crippen LogP contribution is 2.47. The van der Waals surface area contributed by atoms with Crippen LogP contribution in [0, 0.1) is 6.92 Å². The molecule has 0 atom stereocenters. The number of pyridine rings is 2. The molecule has 1 aliphatic carbocycles. The Kier molecular flexibility index (Phi) is 6.58. The van der Waals surface area contributed by atoms with E-state index in [2.05, 4.69) is 40.7 Å². The van der Waals surface area contributed by atoms with Crippen LogP contribution in [0.25, 0.3) is 43.8 Å². The summed E-state index contributed by atoms with van der Waals surface area (Å²) in [7, 11) is 0. The molecule has 0 bridgehead atoms. The number of hydrogen-bond acceptors (Lipinski definition) is 5. The quantitative estimate of drug-likeness (QED) is 0.234. The smallest absolute Gasteiger partial charge is 0.345 e. The Morgan fingerprint density at radius 1 is 0.976 bits per heavy atom. The summed E-state index contributed by atoms with van der Waals surface area (Å²) in [6.07, 6.45) is 8.56. The second kappa shape index (κ2) is 10.4. The van der Waals surface area contributed by atoms with E-state index in [0.29, 0.717) is 10.8 Å². The molecule has 7 nitrogen and oxygen atoms in total. The fraction of sp³-hybridized carbons (Fsp3) is 0.333. The monoisotopic (exact) mass is 564 g/mol. The Balaban J connectivity index is 1.40. The van der Waals surface area contributed by atoms with Gasteiger partial charge in [-0.25, -0.2) is 9.78 Å². The van der Waals surface area contributed by atoms with Crippen molar-refractivity contribution in [3.05, 3.63) is 70.7 Å². The minimum Gasteiger partial charge on any atom is -0.477 e. The Bertz CT molecular complexity index is 1810. The lowest BCUT2D eigenvalue weighted by atomic mass is 9.83. The lowest BCUT2D eigenvalue weighted by Gasteiger charge is -2.31. The van der Waals surface area contributed by atoms with Crippen molar-refractivity contribution in [2.24, 2.45) is 0 Å². The SMILES string of the molecule is Cc1ccnc(-c2ccc3cc(-c4c(C5CCCCC5)c5sc(C(=O)O)cc5n4CC(=O)N4CCC4)ccc3n2)c1. The highest BCUT2D eigenvalue weighted by atomic mass is 32.1. The third-order valence-electron chi connectivity index (χ3n) is 8.64. The van der Waals surface area contributed by atoms with Crippen molar-refractivity contribution in [2.45, 2.75) is 57.9 Å². The van der Waals surface area contributed by atoms with Crippen LogP contribution in [0.2, 0.25) is 0 Å². The van der Waals surface area contributed by atoms with Crippen LogP contribution in [-0.4, -0.2) is 49.5 Å². The number of thiophene rings is 1. The summed E-state index contributed by atoms with van der Waals surface area (Å²) in [6, 6.07) is 16.2. The van der Waals surface area contributed by atoms with Gasteiger partial charge in [-0.1, -0.05) is 31.4 Å². The summed E-state index contributed by atoms with van der Waals surface area (Å²) < 4.78 is 3.11. The van der Waals surface area contributed by atoms with Gasteiger partial charge < -0.3 is 14.6 Å². The van der Waals surface area contributed by atoms with Gasteiger partial charge in [0, 0.05) is 24.7 Å². The zero-order chi connectivity index (χ0) is 28.1. The molecule has 4 aromatic heterocycles. The molecule has 1 aromatic carbocycles. The van der Waals surface area contributed by atoms with E-state index < -0.39 is 5.97 Å². The average Bonchev–Trinajstić information content (AvgIpc) is 3.50. The van der Waals surface area contributed by atoms with E-state index in [-0.39, 0.29) is 12.5 Å². The first-order valence-corrected chi connectivity index (χ1v) is 15.3. The van der Waals surface area contributed by atoms with Crippen molar-refractivity contribution in [2.75, 3.05) is 13.1 Å². The van der Waals surface area contributed by atoms with Gasteiger partial charge in [0.05, 0.1) is 32.8 Å². The number of carbonyl (C=O) groups is 2. The van der Waals surface area contributed by atoms with Crippen molar-refractivity contribution in [3.8, 4) is 22.6 Å². The second-order valence-corrected chi connectivity index (χ2v) is 12.4. The van der Waals surface area contributed by atoms with E-state index in [1.165, 1.54) is 23.3 Å². The molecule has 5 aromatic rings. The molecule has 2 aliphatic rings. The number of nitrogens with zero attached hydrogens (tertiary/aromatic N) is 4. The zero-order valence-corrected chi connectivity index (χ0v) is 23.9. The topological polar surface area (TPSA) is 88.3 Å². The molecule has 5 heterocycles. The summed E-state index contributed by atoms with van der Waals surface area (Å²) in [5, 5.41) is 10.9. The van der Waals surface area contributed by atoms with Gasteiger partial charge in [0.15, 0.2) is 0 Å². The Morgan fingerprint density at radius 2 is 1.80 bits per heavy atom. The molecule has 1 saturated carbocycles. The van der Waals surface area contributed by atoms with Gasteiger partial charge in [0.2, 0.25) is 5.91 Å². The number of carboxylic acid groups (broad SMARTS) is 1. The van der Waals surface area contributed by atoms with Crippen LogP contribution >= 0.6 is 11.3 Å². The standard InChI is InChI=1S/C33H32N4O3S/c1-20-12-13-34-26(16-20)25-11-8-22-17-23(9-10-24(22)35-25)31-30(21-6-3-2-4-7-21)32-27(18-28(41-32)33(39)40)37(31)19-29(38)36-14-5-15-36/h8-13,16-18,21H,2-7,14-15,19H2,1H3,(H,39,40). The maximum Gasteiger partial charge on any atom is 0.345 e. The number of benzene rings is 1. The number of aryl methyl sites for hydroxylation is 1. The first kappa shape index (κ1) is 25.9. The van der Waals surface area contributed by atoms with Crippen LogP contribution in [0.4, 0.5) is 0 Å². The van der Waals surface area contributed by atoms with Crippen molar-refractivity contribution >= 4 is 44.3 Å². The fourth-order valence-electron chi connectivity index (χ4n) is 6.39. The summed E-state index contributed by atoms with van der Waals surface area (Å²) >= 11 is 1.35. The number of rotatable bonds is 6. The predicted octanol–water partition coefficient (Wildman–Crippen LogP) is 7.27. The molecular formula is C33H32N4O3S. The number of hydrogen-bond donors (Lipinski definition) is 1. The minimum atomic E-state index is -0.918. The lowest BCUT2D eigenvalue weighted by Crippen LogP contribution is -2.43. The molecule has 41 heavy (non-hydrogen) atoms. The minimum absolute atomic E-state index is 0.0884. The molecular weight excluding hydrogens is 532 g/mol. The summed E-state index contributed by atoms with van der Waals surface area (Å²) in [5.41, 5.74) is 7.87. The number of fused-ring (bicyclic) bond motifs is 2. The third-order valence-corrected chi connectivity index (χ3v) is 9.79. The number of likely N-dealkylation sites (tertiary alicyclic amines) is 1. The van der Waals surface area contributed by atoms with E-state index in [1.54, 1.807) is 6.07 Å². The number of amides is 1. The van der Waals surface area contributed by atoms with E-state index in [0.717, 1.165) is 94.5 Å². The summed E-state index contributed by atoms with van der Waals surface area (Å²) in [6.45, 7) is 3.84. The molecule has 1 amide bonds. The van der Waals surface area contributed by atoms with E-state index in [9.17, 15) is 14.7 Å². The van der Waals surface area contributed by atoms with Crippen LogP contribution in [0.15, 0.2) is 54.7 Å². The van der Waals surface area contributed by atoms with E-state index in [4.69, 9.17) is 4.98 Å². The Labute approximate surface area is 242 Å². The molecule has 1 N–H and O–H groups in total. The van der Waals surface area contributed by atoms with Crippen molar-refractivity contribution < 1.29 is 14.7 Å². The first-order valence-electron chi connectivity index (χ1n) is 14.5. The lowest BCUT2D eigenvalue weighted by molar-refractivity contribution is -0.135. The molecule has 0 spiro atoms. The van der Waals surface area contributed by atoms with E-state index >= 15 is 0 Å². The van der Waals surface area contributed by atoms with Crippen LogP contribution in [0.3, 0.4) is 0 Å². The molecule has 0 unspecified atom stereocenters. The fourth-order valence-corrected chi connectivity index (χ4v) is 7.52. The predicted molar refractivity (Wildman–Crippen MR) is 163 cm³/mol. The maximum atomic E-state index is 13.3. The molecule has 8 heteroatoms. The molecule has 2 fully saturated rings. The van der Waals surface area contributed by atoms with Gasteiger partial charge in [-0.05, 0) is 85.2 Å². The number of carbonyl (C=O) groups excluding carboxylic acids is 1. The average molecular weight is 565 g/mol. The van der Waals surface area contributed by atoms with Crippen LogP contribution in [-0.2, 0) is 11.3 Å². The molecule has 7 rings (SSSR count). The highest BCUT2D eigenvalue weighted by molar-refractivity contribution is 7.21. The van der Waals surface area contributed by atoms with E-state index in [1.807, 2.05) is 29.3 Å². The van der Waals surface area contributed by atoms with Gasteiger partial charge in [-0.2, -0.15) is 0 Å². The van der Waals surface area contributed by atoms with Gasteiger partial charge in [-0.15, -0.1) is 11.3 Å². The van der Waals surface area contributed by atoms with Gasteiger partial charge in [0.1, 0.15) is 11.4 Å². The third kappa shape index (κ3) is 4.70. The maximum absolute atomic E-state index is 13.3. The normalized spacial score (nSPS) is 15.9. The van der Waals surface area contributed by atoms with Crippen molar-refractivity contribution in [1.82, 2.24) is 19.4 Å². The molecule has 1 aliphatic heterocycles. The first-order chi connectivity index (χ1) is 20.0. The zero-order valence-electron chi connectivity index (χ0n) is 23.1. The van der Waals surface area contributed by atoms with Gasteiger partial charge in [0.25, 0.3) is 0 Å². The second-order valence-electron chi connectivity index (χ2n) is 11.4. The number of aromatic nitrogens is 3. The molecule has 1 saturated heterocycles. The summed E-state index contributed by atoms with van der Waals surface area (Å²) in [4.78, 5) is 37.0. The van der Waals surface area contributed by atoms with Gasteiger partial charge in [-0.3, -0.25) is 9.78 Å². The largest absolute Gasteiger partial charge is 0.477 e. The number of aromatic carboxylic acids is 1. The Hall–Kier alpha value is -4.04.